The summed E-state index contributed by atoms with van der Waals surface area (Å²) < 4.78 is 10.4. The van der Waals surface area contributed by atoms with Crippen LogP contribution >= 0.6 is 23.4 Å². The number of amides is 1. The number of nitrogens with zero attached hydrogens (tertiary/aromatic N) is 2. The van der Waals surface area contributed by atoms with E-state index in [1.807, 2.05) is 25.1 Å². The lowest BCUT2D eigenvalue weighted by molar-refractivity contribution is 0.169. The Hall–Kier alpha value is -2.51. The van der Waals surface area contributed by atoms with Crippen molar-refractivity contribution in [1.82, 2.24) is 9.97 Å². The van der Waals surface area contributed by atoms with Crippen molar-refractivity contribution in [3.05, 3.63) is 53.2 Å². The molecular weight excluding hydrogens is 386 g/mol. The Balaban J connectivity index is 1.51. The number of nitrogens with one attached hydrogen (secondary N) is 1. The first-order chi connectivity index (χ1) is 13.0. The Labute approximate surface area is 166 Å². The molecule has 0 aliphatic heterocycles. The maximum Gasteiger partial charge on any atom is 0.411 e. The van der Waals surface area contributed by atoms with Crippen molar-refractivity contribution < 1.29 is 14.3 Å². The SMILES string of the molecule is COc1ccc2nc(SCCOC(=O)Nc3ccc(Cl)cc3)nc(C)c2c1. The molecule has 0 spiro atoms. The van der Waals surface area contributed by atoms with Gasteiger partial charge >= 0.3 is 6.09 Å². The quantitative estimate of drug-likeness (QED) is 0.357. The van der Waals surface area contributed by atoms with E-state index in [-0.39, 0.29) is 6.61 Å². The Morgan fingerprint density at radius 1 is 1.19 bits per heavy atom. The van der Waals surface area contributed by atoms with Crippen LogP contribution in [0, 0.1) is 6.92 Å². The highest BCUT2D eigenvalue weighted by Crippen LogP contribution is 2.24. The maximum atomic E-state index is 11.8. The average Bonchev–Trinajstić information content (AvgIpc) is 2.67. The number of benzene rings is 2. The third-order valence-corrected chi connectivity index (χ3v) is 4.77. The predicted molar refractivity (Wildman–Crippen MR) is 108 cm³/mol. The maximum absolute atomic E-state index is 11.8. The standard InChI is InChI=1S/C19H18ClN3O3S/c1-12-16-11-15(25-2)7-8-17(16)23-18(21-12)27-10-9-26-19(24)22-14-5-3-13(20)4-6-14/h3-8,11H,9-10H2,1-2H3,(H,22,24). The summed E-state index contributed by atoms with van der Waals surface area (Å²) in [6.45, 7) is 2.18. The van der Waals surface area contributed by atoms with E-state index in [9.17, 15) is 4.79 Å². The normalized spacial score (nSPS) is 10.6. The Bertz CT molecular complexity index is 951. The van der Waals surface area contributed by atoms with Crippen LogP contribution in [0.4, 0.5) is 10.5 Å². The number of anilines is 1. The van der Waals surface area contributed by atoms with Gasteiger partial charge in [0, 0.05) is 27.5 Å². The number of carbonyl (C=O) groups is 1. The van der Waals surface area contributed by atoms with Crippen LogP contribution in [-0.4, -0.2) is 35.5 Å². The van der Waals surface area contributed by atoms with Gasteiger partial charge in [-0.3, -0.25) is 5.32 Å². The fourth-order valence-electron chi connectivity index (χ4n) is 2.38. The minimum atomic E-state index is -0.513. The second-order valence-electron chi connectivity index (χ2n) is 5.59. The van der Waals surface area contributed by atoms with Crippen LogP contribution in [0.1, 0.15) is 5.69 Å². The number of thioether (sulfide) groups is 1. The van der Waals surface area contributed by atoms with Crippen molar-refractivity contribution in [3.63, 3.8) is 0 Å². The molecule has 1 aromatic heterocycles. The van der Waals surface area contributed by atoms with Gasteiger partial charge in [0.2, 0.25) is 0 Å². The Morgan fingerprint density at radius 2 is 1.96 bits per heavy atom. The van der Waals surface area contributed by atoms with Gasteiger partial charge in [-0.2, -0.15) is 0 Å². The molecule has 0 saturated heterocycles. The number of aromatic nitrogens is 2. The van der Waals surface area contributed by atoms with E-state index in [1.165, 1.54) is 11.8 Å². The zero-order valence-corrected chi connectivity index (χ0v) is 16.4. The highest BCUT2D eigenvalue weighted by Gasteiger charge is 2.08. The van der Waals surface area contributed by atoms with Crippen LogP contribution in [0.25, 0.3) is 10.9 Å². The van der Waals surface area contributed by atoms with Gasteiger partial charge in [-0.25, -0.2) is 14.8 Å². The van der Waals surface area contributed by atoms with Crippen molar-refractivity contribution in [1.29, 1.82) is 0 Å². The third kappa shape index (κ3) is 5.24. The summed E-state index contributed by atoms with van der Waals surface area (Å²) in [6.07, 6.45) is -0.513. The second kappa shape index (κ2) is 8.92. The van der Waals surface area contributed by atoms with Gasteiger partial charge in [0.15, 0.2) is 5.16 Å². The first-order valence-corrected chi connectivity index (χ1v) is 9.56. The molecule has 140 valence electrons. The molecule has 1 heterocycles. The molecule has 0 aliphatic rings. The summed E-state index contributed by atoms with van der Waals surface area (Å²) in [5, 5.41) is 4.85. The first kappa shape index (κ1) is 19.3. The molecular formula is C19H18ClN3O3S. The van der Waals surface area contributed by atoms with Crippen molar-refractivity contribution in [2.45, 2.75) is 12.1 Å². The lowest BCUT2D eigenvalue weighted by Crippen LogP contribution is -2.15. The number of aryl methyl sites for hydroxylation is 1. The second-order valence-corrected chi connectivity index (χ2v) is 7.09. The topological polar surface area (TPSA) is 73.3 Å². The molecule has 0 atom stereocenters. The smallest absolute Gasteiger partial charge is 0.411 e. The lowest BCUT2D eigenvalue weighted by Gasteiger charge is -2.08. The molecule has 0 aliphatic carbocycles. The van der Waals surface area contributed by atoms with Crippen LogP contribution in [-0.2, 0) is 4.74 Å². The average molecular weight is 404 g/mol. The summed E-state index contributed by atoms with van der Waals surface area (Å²) in [4.78, 5) is 20.8. The van der Waals surface area contributed by atoms with Crippen molar-refractivity contribution in [3.8, 4) is 5.75 Å². The molecule has 3 rings (SSSR count). The van der Waals surface area contributed by atoms with Crippen molar-refractivity contribution in [2.24, 2.45) is 0 Å². The molecule has 0 bridgehead atoms. The molecule has 8 heteroatoms. The van der Waals surface area contributed by atoms with E-state index in [2.05, 4.69) is 15.3 Å². The number of methoxy groups -OCH3 is 1. The molecule has 6 nitrogen and oxygen atoms in total. The number of ether oxygens (including phenoxy) is 2. The van der Waals surface area contributed by atoms with Gasteiger partial charge < -0.3 is 9.47 Å². The zero-order valence-electron chi connectivity index (χ0n) is 14.9. The van der Waals surface area contributed by atoms with Gasteiger partial charge in [-0.05, 0) is 49.4 Å². The minimum absolute atomic E-state index is 0.243. The number of rotatable bonds is 6. The molecule has 0 radical (unpaired) electrons. The van der Waals surface area contributed by atoms with Crippen molar-refractivity contribution in [2.75, 3.05) is 24.8 Å². The van der Waals surface area contributed by atoms with Crippen molar-refractivity contribution >= 4 is 46.0 Å². The molecule has 2 aromatic carbocycles. The van der Waals surface area contributed by atoms with E-state index in [0.717, 1.165) is 22.3 Å². The van der Waals surface area contributed by atoms with Gasteiger partial charge in [0.05, 0.1) is 12.6 Å². The molecule has 27 heavy (non-hydrogen) atoms. The number of hydrogen-bond donors (Lipinski definition) is 1. The fourth-order valence-corrected chi connectivity index (χ4v) is 3.22. The molecule has 3 aromatic rings. The van der Waals surface area contributed by atoms with Gasteiger partial charge in [0.1, 0.15) is 12.4 Å². The number of halogens is 1. The van der Waals surface area contributed by atoms with E-state index < -0.39 is 6.09 Å². The van der Waals surface area contributed by atoms with Crippen LogP contribution < -0.4 is 10.1 Å². The van der Waals surface area contributed by atoms with Gasteiger partial charge in [0.25, 0.3) is 0 Å². The largest absolute Gasteiger partial charge is 0.497 e. The summed E-state index contributed by atoms with van der Waals surface area (Å²) in [7, 11) is 1.63. The Morgan fingerprint density at radius 3 is 2.70 bits per heavy atom. The van der Waals surface area contributed by atoms with Crippen LogP contribution in [0.15, 0.2) is 47.6 Å². The first-order valence-electron chi connectivity index (χ1n) is 8.19. The number of hydrogen-bond acceptors (Lipinski definition) is 6. The lowest BCUT2D eigenvalue weighted by atomic mass is 10.2. The van der Waals surface area contributed by atoms with Crippen LogP contribution in [0.2, 0.25) is 5.02 Å². The molecule has 1 N–H and O–H groups in total. The van der Waals surface area contributed by atoms with Gasteiger partial charge in [-0.15, -0.1) is 0 Å². The van der Waals surface area contributed by atoms with Crippen LogP contribution in [0.5, 0.6) is 5.75 Å². The summed E-state index contributed by atoms with van der Waals surface area (Å²) >= 11 is 7.24. The van der Waals surface area contributed by atoms with Crippen LogP contribution in [0.3, 0.4) is 0 Å². The highest BCUT2D eigenvalue weighted by atomic mass is 35.5. The van der Waals surface area contributed by atoms with E-state index in [4.69, 9.17) is 21.1 Å². The zero-order chi connectivity index (χ0) is 19.2. The third-order valence-electron chi connectivity index (χ3n) is 3.71. The van der Waals surface area contributed by atoms with E-state index >= 15 is 0 Å². The van der Waals surface area contributed by atoms with Gasteiger partial charge in [-0.1, -0.05) is 23.4 Å². The number of fused-ring (bicyclic) bond motifs is 1. The monoisotopic (exact) mass is 403 g/mol. The number of carbonyl (C=O) groups excluding carboxylic acids is 1. The highest BCUT2D eigenvalue weighted by molar-refractivity contribution is 7.99. The Kier molecular flexibility index (Phi) is 6.36. The summed E-state index contributed by atoms with van der Waals surface area (Å²) in [5.41, 5.74) is 2.36. The molecule has 0 unspecified atom stereocenters. The molecule has 1 amide bonds. The summed E-state index contributed by atoms with van der Waals surface area (Å²) in [6, 6.07) is 12.5. The fraction of sp³-hybridized carbons (Fsp3) is 0.211. The molecule has 0 saturated carbocycles. The van der Waals surface area contributed by atoms with E-state index in [0.29, 0.717) is 21.6 Å². The molecule has 0 fully saturated rings. The summed E-state index contributed by atoms with van der Waals surface area (Å²) in [5.74, 6) is 1.32. The van der Waals surface area contributed by atoms with E-state index in [1.54, 1.807) is 31.4 Å². The predicted octanol–water partition coefficient (Wildman–Crippen LogP) is 4.94. The minimum Gasteiger partial charge on any atom is -0.497 e.